The Morgan fingerprint density at radius 3 is 2.94 bits per heavy atom. The van der Waals surface area contributed by atoms with Gasteiger partial charge in [-0.2, -0.15) is 0 Å². The molecule has 2 rings (SSSR count). The third-order valence-electron chi connectivity index (χ3n) is 4.06. The van der Waals surface area contributed by atoms with Crippen LogP contribution in [0.5, 0.6) is 0 Å². The Morgan fingerprint density at radius 2 is 2.29 bits per heavy atom. The van der Waals surface area contributed by atoms with Gasteiger partial charge in [0.1, 0.15) is 0 Å². The van der Waals surface area contributed by atoms with Crippen LogP contribution in [0, 0.1) is 17.3 Å². The molecule has 2 unspecified atom stereocenters. The number of thiazole rings is 1. The van der Waals surface area contributed by atoms with E-state index in [4.69, 9.17) is 0 Å². The molecule has 2 atom stereocenters. The van der Waals surface area contributed by atoms with E-state index in [1.807, 2.05) is 6.20 Å². The van der Waals surface area contributed by atoms with Crippen LogP contribution in [0.4, 0.5) is 0 Å². The minimum Gasteiger partial charge on any atom is -0.319 e. The molecule has 0 spiro atoms. The van der Waals surface area contributed by atoms with Crippen molar-refractivity contribution in [3.05, 3.63) is 16.6 Å². The molecule has 1 N–H and O–H groups in total. The van der Waals surface area contributed by atoms with Gasteiger partial charge >= 0.3 is 0 Å². The molecule has 0 radical (unpaired) electrons. The molecule has 0 bridgehead atoms. The van der Waals surface area contributed by atoms with Gasteiger partial charge in [0.25, 0.3) is 0 Å². The van der Waals surface area contributed by atoms with Crippen LogP contribution >= 0.6 is 11.3 Å². The van der Waals surface area contributed by atoms with Gasteiger partial charge in [-0.05, 0) is 50.1 Å². The second-order valence-electron chi connectivity index (χ2n) is 6.11. The van der Waals surface area contributed by atoms with Gasteiger partial charge in [0, 0.05) is 18.0 Å². The zero-order valence-electron chi connectivity index (χ0n) is 11.2. The van der Waals surface area contributed by atoms with Crippen LogP contribution in [0.3, 0.4) is 0 Å². The van der Waals surface area contributed by atoms with E-state index in [9.17, 15) is 0 Å². The van der Waals surface area contributed by atoms with Crippen molar-refractivity contribution in [2.45, 2.75) is 39.5 Å². The summed E-state index contributed by atoms with van der Waals surface area (Å²) in [5.74, 6) is 1.63. The fourth-order valence-corrected chi connectivity index (χ4v) is 3.85. The molecule has 1 aliphatic carbocycles. The predicted octanol–water partition coefficient (Wildman–Crippen LogP) is 3.35. The van der Waals surface area contributed by atoms with Crippen molar-refractivity contribution in [2.24, 2.45) is 17.3 Å². The number of aromatic nitrogens is 1. The molecule has 1 heterocycles. The number of nitrogens with one attached hydrogen (secondary N) is 1. The number of hydrogen-bond acceptors (Lipinski definition) is 3. The average Bonchev–Trinajstić information content (AvgIpc) is 2.74. The van der Waals surface area contributed by atoms with E-state index >= 15 is 0 Å². The first kappa shape index (κ1) is 13.0. The molecule has 0 amide bonds. The summed E-state index contributed by atoms with van der Waals surface area (Å²) in [6.45, 7) is 5.99. The first-order chi connectivity index (χ1) is 8.11. The van der Waals surface area contributed by atoms with Crippen LogP contribution in [-0.4, -0.2) is 18.6 Å². The van der Waals surface area contributed by atoms with Gasteiger partial charge < -0.3 is 5.32 Å². The van der Waals surface area contributed by atoms with Gasteiger partial charge in [-0.1, -0.05) is 13.8 Å². The van der Waals surface area contributed by atoms with Gasteiger partial charge in [0.05, 0.1) is 5.01 Å². The Hall–Kier alpha value is -0.410. The van der Waals surface area contributed by atoms with Gasteiger partial charge in [-0.3, -0.25) is 0 Å². The van der Waals surface area contributed by atoms with E-state index < -0.39 is 0 Å². The lowest BCUT2D eigenvalue weighted by Gasteiger charge is -2.40. The summed E-state index contributed by atoms with van der Waals surface area (Å²) in [5.41, 5.74) is 0.520. The Labute approximate surface area is 109 Å². The zero-order chi connectivity index (χ0) is 12.3. The SMILES string of the molecule is CNCC1CCC(C)(C)CC1Cc1nccs1. The highest BCUT2D eigenvalue weighted by Crippen LogP contribution is 2.43. The Kier molecular flexibility index (Phi) is 4.21. The zero-order valence-corrected chi connectivity index (χ0v) is 12.0. The molecule has 96 valence electrons. The average molecular weight is 252 g/mol. The second kappa shape index (κ2) is 5.49. The van der Waals surface area contributed by atoms with Crippen molar-refractivity contribution in [2.75, 3.05) is 13.6 Å². The van der Waals surface area contributed by atoms with Crippen LogP contribution in [0.25, 0.3) is 0 Å². The predicted molar refractivity (Wildman–Crippen MR) is 74.4 cm³/mol. The summed E-state index contributed by atoms with van der Waals surface area (Å²) in [6, 6.07) is 0. The van der Waals surface area contributed by atoms with Crippen molar-refractivity contribution in [3.8, 4) is 0 Å². The third kappa shape index (κ3) is 3.52. The van der Waals surface area contributed by atoms with E-state index in [-0.39, 0.29) is 0 Å². The third-order valence-corrected chi connectivity index (χ3v) is 4.86. The van der Waals surface area contributed by atoms with Gasteiger partial charge in [-0.25, -0.2) is 4.98 Å². The van der Waals surface area contributed by atoms with E-state index in [0.717, 1.165) is 18.4 Å². The molecule has 0 saturated heterocycles. The minimum atomic E-state index is 0.520. The first-order valence-corrected chi connectivity index (χ1v) is 7.52. The van der Waals surface area contributed by atoms with E-state index in [2.05, 4.69) is 36.6 Å². The molecule has 2 nitrogen and oxygen atoms in total. The summed E-state index contributed by atoms with van der Waals surface area (Å²) >= 11 is 1.81. The van der Waals surface area contributed by atoms with Crippen molar-refractivity contribution in [3.63, 3.8) is 0 Å². The van der Waals surface area contributed by atoms with Crippen molar-refractivity contribution in [1.29, 1.82) is 0 Å². The van der Waals surface area contributed by atoms with Gasteiger partial charge in [0.2, 0.25) is 0 Å². The summed E-state index contributed by atoms with van der Waals surface area (Å²) in [5, 5.41) is 6.76. The molecular weight excluding hydrogens is 228 g/mol. The van der Waals surface area contributed by atoms with Crippen LogP contribution in [0.1, 0.15) is 38.1 Å². The second-order valence-corrected chi connectivity index (χ2v) is 7.09. The lowest BCUT2D eigenvalue weighted by atomic mass is 9.66. The molecular formula is C14H24N2S. The van der Waals surface area contributed by atoms with Crippen molar-refractivity contribution >= 4 is 11.3 Å². The molecule has 1 aromatic rings. The molecule has 0 aliphatic heterocycles. The molecule has 1 aliphatic rings. The highest BCUT2D eigenvalue weighted by atomic mass is 32.1. The Balaban J connectivity index is 2.02. The van der Waals surface area contributed by atoms with Crippen molar-refractivity contribution < 1.29 is 0 Å². The van der Waals surface area contributed by atoms with E-state index in [0.29, 0.717) is 5.41 Å². The van der Waals surface area contributed by atoms with Crippen LogP contribution in [0.15, 0.2) is 11.6 Å². The lowest BCUT2D eigenvalue weighted by Crippen LogP contribution is -2.36. The number of nitrogens with zero attached hydrogens (tertiary/aromatic N) is 1. The maximum absolute atomic E-state index is 4.45. The summed E-state index contributed by atoms with van der Waals surface area (Å²) in [4.78, 5) is 4.45. The van der Waals surface area contributed by atoms with Crippen molar-refractivity contribution in [1.82, 2.24) is 10.3 Å². The van der Waals surface area contributed by atoms with E-state index in [1.54, 1.807) is 11.3 Å². The number of hydrogen-bond donors (Lipinski definition) is 1. The maximum Gasteiger partial charge on any atom is 0.0927 e. The molecule has 3 heteroatoms. The van der Waals surface area contributed by atoms with E-state index in [1.165, 1.54) is 30.7 Å². The summed E-state index contributed by atoms with van der Waals surface area (Å²) in [6.07, 6.45) is 7.19. The molecule has 1 saturated carbocycles. The fraction of sp³-hybridized carbons (Fsp3) is 0.786. The highest BCUT2D eigenvalue weighted by molar-refractivity contribution is 7.09. The molecule has 1 fully saturated rings. The quantitative estimate of drug-likeness (QED) is 0.889. The fourth-order valence-electron chi connectivity index (χ4n) is 3.14. The van der Waals surface area contributed by atoms with Gasteiger partial charge in [0.15, 0.2) is 0 Å². The minimum absolute atomic E-state index is 0.520. The normalized spacial score (nSPS) is 28.2. The summed E-state index contributed by atoms with van der Waals surface area (Å²) < 4.78 is 0. The smallest absolute Gasteiger partial charge is 0.0927 e. The maximum atomic E-state index is 4.45. The highest BCUT2D eigenvalue weighted by Gasteiger charge is 2.34. The Morgan fingerprint density at radius 1 is 1.47 bits per heavy atom. The molecule has 17 heavy (non-hydrogen) atoms. The largest absolute Gasteiger partial charge is 0.319 e. The standard InChI is InChI=1S/C14H24N2S/c1-14(2)5-4-11(10-15-3)12(9-14)8-13-16-6-7-17-13/h6-7,11-12,15H,4-5,8-10H2,1-3H3. The van der Waals surface area contributed by atoms with Gasteiger partial charge in [-0.15, -0.1) is 11.3 Å². The molecule has 0 aromatic carbocycles. The van der Waals surface area contributed by atoms with Crippen LogP contribution < -0.4 is 5.32 Å². The first-order valence-electron chi connectivity index (χ1n) is 6.64. The summed E-state index contributed by atoms with van der Waals surface area (Å²) in [7, 11) is 2.07. The molecule has 1 aromatic heterocycles. The lowest BCUT2D eigenvalue weighted by molar-refractivity contribution is 0.117. The van der Waals surface area contributed by atoms with Crippen LogP contribution in [-0.2, 0) is 6.42 Å². The monoisotopic (exact) mass is 252 g/mol. The Bertz CT molecular complexity index is 332. The number of rotatable bonds is 4. The topological polar surface area (TPSA) is 24.9 Å². The van der Waals surface area contributed by atoms with Crippen LogP contribution in [0.2, 0.25) is 0 Å².